The van der Waals surface area contributed by atoms with Gasteiger partial charge in [0.1, 0.15) is 11.8 Å². The van der Waals surface area contributed by atoms with Gasteiger partial charge in [0.05, 0.1) is 5.56 Å². The zero-order valence-corrected chi connectivity index (χ0v) is 6.83. The Morgan fingerprint density at radius 1 is 1.58 bits per heavy atom. The largest absolute Gasteiger partial charge is 0.506 e. The molecular formula is C9H10N2O. The summed E-state index contributed by atoms with van der Waals surface area (Å²) in [5.74, 6) is 0.0240. The minimum Gasteiger partial charge on any atom is -0.506 e. The van der Waals surface area contributed by atoms with E-state index in [-0.39, 0.29) is 5.75 Å². The third kappa shape index (κ3) is 1.67. The maximum Gasteiger partial charge on any atom is 0.135 e. The van der Waals surface area contributed by atoms with Crippen LogP contribution in [0, 0.1) is 11.3 Å². The molecule has 1 aromatic rings. The molecule has 0 saturated heterocycles. The van der Waals surface area contributed by atoms with Crippen LogP contribution in [0.5, 0.6) is 5.75 Å². The Balaban J connectivity index is 2.96. The number of nitriles is 1. The lowest BCUT2D eigenvalue weighted by Crippen LogP contribution is -1.95. The topological polar surface area (TPSA) is 56.0 Å². The Hall–Kier alpha value is -1.69. The average molecular weight is 162 g/mol. The lowest BCUT2D eigenvalue weighted by Gasteiger charge is -2.03. The molecule has 62 valence electrons. The zero-order valence-electron chi connectivity index (χ0n) is 6.83. The summed E-state index contributed by atoms with van der Waals surface area (Å²) in [5, 5.41) is 20.8. The number of benzene rings is 1. The molecule has 0 amide bonds. The molecule has 0 bridgehead atoms. The van der Waals surface area contributed by atoms with Gasteiger partial charge in [0.15, 0.2) is 0 Å². The van der Waals surface area contributed by atoms with Crippen LogP contribution in [0.2, 0.25) is 0 Å². The van der Waals surface area contributed by atoms with Crippen LogP contribution in [0.3, 0.4) is 0 Å². The van der Waals surface area contributed by atoms with Crippen LogP contribution >= 0.6 is 0 Å². The predicted molar refractivity (Wildman–Crippen MR) is 47.0 cm³/mol. The van der Waals surface area contributed by atoms with Crippen LogP contribution in [0.15, 0.2) is 18.2 Å². The van der Waals surface area contributed by atoms with Gasteiger partial charge >= 0.3 is 0 Å². The highest BCUT2D eigenvalue weighted by atomic mass is 16.3. The number of hydrogen-bond donors (Lipinski definition) is 2. The van der Waals surface area contributed by atoms with E-state index in [0.29, 0.717) is 5.56 Å². The van der Waals surface area contributed by atoms with Gasteiger partial charge in [-0.25, -0.2) is 0 Å². The number of nitrogens with zero attached hydrogens (tertiary/aromatic N) is 1. The first kappa shape index (κ1) is 8.41. The van der Waals surface area contributed by atoms with Crippen molar-refractivity contribution in [2.75, 3.05) is 11.9 Å². The van der Waals surface area contributed by atoms with Gasteiger partial charge < -0.3 is 10.4 Å². The highest BCUT2D eigenvalue weighted by molar-refractivity contribution is 5.54. The van der Waals surface area contributed by atoms with Crippen LogP contribution in [0.4, 0.5) is 5.69 Å². The Morgan fingerprint density at radius 2 is 2.33 bits per heavy atom. The molecule has 0 spiro atoms. The summed E-state index contributed by atoms with van der Waals surface area (Å²) in [7, 11) is 0. The molecule has 3 heteroatoms. The normalized spacial score (nSPS) is 9.00. The second-order valence-electron chi connectivity index (χ2n) is 2.37. The summed E-state index contributed by atoms with van der Waals surface area (Å²) in [5.41, 5.74) is 1.13. The van der Waals surface area contributed by atoms with Crippen LogP contribution in [0.1, 0.15) is 12.5 Å². The molecule has 0 aromatic heterocycles. The summed E-state index contributed by atoms with van der Waals surface area (Å²) in [6.45, 7) is 2.76. The quantitative estimate of drug-likeness (QED) is 0.695. The number of phenolic OH excluding ortho intramolecular Hbond substituents is 1. The number of rotatable bonds is 2. The van der Waals surface area contributed by atoms with Gasteiger partial charge in [-0.05, 0) is 19.1 Å². The van der Waals surface area contributed by atoms with Crippen molar-refractivity contribution in [1.29, 1.82) is 5.26 Å². The number of phenols is 1. The molecular weight excluding hydrogens is 152 g/mol. The van der Waals surface area contributed by atoms with E-state index in [1.54, 1.807) is 18.2 Å². The van der Waals surface area contributed by atoms with E-state index in [4.69, 9.17) is 5.26 Å². The third-order valence-electron chi connectivity index (χ3n) is 1.50. The average Bonchev–Trinajstić information content (AvgIpc) is 2.05. The van der Waals surface area contributed by atoms with Gasteiger partial charge in [-0.2, -0.15) is 5.26 Å². The van der Waals surface area contributed by atoms with Crippen LogP contribution in [0.25, 0.3) is 0 Å². The Labute approximate surface area is 71.3 Å². The minimum absolute atomic E-state index is 0.0240. The fourth-order valence-electron chi connectivity index (χ4n) is 0.940. The third-order valence-corrected chi connectivity index (χ3v) is 1.50. The smallest absolute Gasteiger partial charge is 0.135 e. The lowest BCUT2D eigenvalue weighted by atomic mass is 10.2. The zero-order chi connectivity index (χ0) is 8.97. The summed E-state index contributed by atoms with van der Waals surface area (Å²) >= 11 is 0. The Morgan fingerprint density at radius 3 is 2.83 bits per heavy atom. The number of aromatic hydroxyl groups is 1. The summed E-state index contributed by atoms with van der Waals surface area (Å²) in [6.07, 6.45) is 0. The minimum atomic E-state index is 0.0240. The van der Waals surface area contributed by atoms with Gasteiger partial charge in [0.2, 0.25) is 0 Å². The highest BCUT2D eigenvalue weighted by Gasteiger charge is 1.99. The van der Waals surface area contributed by atoms with Crippen molar-refractivity contribution in [1.82, 2.24) is 0 Å². The predicted octanol–water partition coefficient (Wildman–Crippen LogP) is 1.70. The van der Waals surface area contributed by atoms with Crippen molar-refractivity contribution in [3.63, 3.8) is 0 Å². The van der Waals surface area contributed by atoms with Gasteiger partial charge in [0.25, 0.3) is 0 Å². The van der Waals surface area contributed by atoms with E-state index in [9.17, 15) is 5.11 Å². The van der Waals surface area contributed by atoms with Crippen molar-refractivity contribution in [2.45, 2.75) is 6.92 Å². The van der Waals surface area contributed by atoms with Crippen molar-refractivity contribution in [3.05, 3.63) is 23.8 Å². The lowest BCUT2D eigenvalue weighted by molar-refractivity contribution is 0.474. The summed E-state index contributed by atoms with van der Waals surface area (Å²) < 4.78 is 0. The van der Waals surface area contributed by atoms with E-state index in [2.05, 4.69) is 5.32 Å². The fourth-order valence-corrected chi connectivity index (χ4v) is 0.940. The molecule has 0 heterocycles. The van der Waals surface area contributed by atoms with Gasteiger partial charge in [-0.15, -0.1) is 0 Å². The van der Waals surface area contributed by atoms with E-state index >= 15 is 0 Å². The molecule has 0 aliphatic heterocycles. The molecule has 0 aliphatic carbocycles. The first-order valence-electron chi connectivity index (χ1n) is 3.75. The molecule has 3 nitrogen and oxygen atoms in total. The van der Waals surface area contributed by atoms with Crippen molar-refractivity contribution in [3.8, 4) is 11.8 Å². The van der Waals surface area contributed by atoms with E-state index in [1.165, 1.54) is 0 Å². The van der Waals surface area contributed by atoms with Gasteiger partial charge in [-0.3, -0.25) is 0 Å². The molecule has 1 aromatic carbocycles. The fraction of sp³-hybridized carbons (Fsp3) is 0.222. The Kier molecular flexibility index (Phi) is 2.54. The highest BCUT2D eigenvalue weighted by Crippen LogP contribution is 2.20. The second-order valence-corrected chi connectivity index (χ2v) is 2.37. The van der Waals surface area contributed by atoms with E-state index < -0.39 is 0 Å². The number of hydrogen-bond acceptors (Lipinski definition) is 3. The number of nitrogens with one attached hydrogen (secondary N) is 1. The molecule has 12 heavy (non-hydrogen) atoms. The standard InChI is InChI=1S/C9H10N2O/c1-2-11-8-4-3-7(6-10)9(12)5-8/h3-5,11-12H,2H2,1H3. The molecule has 0 unspecified atom stereocenters. The van der Waals surface area contributed by atoms with Crippen LogP contribution in [-0.4, -0.2) is 11.7 Å². The van der Waals surface area contributed by atoms with Crippen LogP contribution < -0.4 is 5.32 Å². The molecule has 1 rings (SSSR count). The van der Waals surface area contributed by atoms with Gasteiger partial charge in [-0.1, -0.05) is 0 Å². The van der Waals surface area contributed by atoms with Crippen LogP contribution in [-0.2, 0) is 0 Å². The first-order chi connectivity index (χ1) is 5.77. The molecule has 0 aliphatic rings. The molecule has 0 saturated carbocycles. The van der Waals surface area contributed by atoms with Crippen molar-refractivity contribution >= 4 is 5.69 Å². The monoisotopic (exact) mass is 162 g/mol. The Bertz CT molecular complexity index is 315. The number of anilines is 1. The van der Waals surface area contributed by atoms with E-state index in [0.717, 1.165) is 12.2 Å². The summed E-state index contributed by atoms with van der Waals surface area (Å²) in [6, 6.07) is 6.79. The molecule has 0 fully saturated rings. The molecule has 0 atom stereocenters. The molecule has 0 radical (unpaired) electrons. The molecule has 2 N–H and O–H groups in total. The first-order valence-corrected chi connectivity index (χ1v) is 3.75. The maximum atomic E-state index is 9.26. The maximum absolute atomic E-state index is 9.26. The van der Waals surface area contributed by atoms with E-state index in [1.807, 2.05) is 13.0 Å². The SMILES string of the molecule is CCNc1ccc(C#N)c(O)c1. The van der Waals surface area contributed by atoms with Crippen molar-refractivity contribution < 1.29 is 5.11 Å². The van der Waals surface area contributed by atoms with Crippen molar-refractivity contribution in [2.24, 2.45) is 0 Å². The second kappa shape index (κ2) is 3.63. The summed E-state index contributed by atoms with van der Waals surface area (Å²) in [4.78, 5) is 0. The van der Waals surface area contributed by atoms with Gasteiger partial charge in [0, 0.05) is 18.3 Å².